The van der Waals surface area contributed by atoms with Crippen molar-refractivity contribution in [3.05, 3.63) is 138 Å². The van der Waals surface area contributed by atoms with Gasteiger partial charge in [-0.3, -0.25) is 0 Å². The first kappa shape index (κ1) is 31.7. The molecule has 1 atom stereocenters. The first-order valence-electron chi connectivity index (χ1n) is 14.3. The topological polar surface area (TPSA) is 73.9 Å². The maximum absolute atomic E-state index is 12.3. The molecule has 43 heavy (non-hydrogen) atoms. The molecule has 0 heterocycles. The van der Waals surface area contributed by atoms with E-state index in [-0.39, 0.29) is 6.42 Å². The van der Waals surface area contributed by atoms with Gasteiger partial charge >= 0.3 is 12.1 Å². The lowest BCUT2D eigenvalue weighted by molar-refractivity contribution is -0.143. The number of ether oxygens (including phenoxy) is 3. The monoisotopic (exact) mass is 597 g/mol. The van der Waals surface area contributed by atoms with Crippen molar-refractivity contribution in [1.29, 1.82) is 0 Å². The normalized spacial score (nSPS) is 12.2. The highest BCUT2D eigenvalue weighted by Crippen LogP contribution is 2.48. The number of thioether (sulfide) groups is 1. The van der Waals surface area contributed by atoms with E-state index in [4.69, 9.17) is 14.2 Å². The standard InChI is InChI=1S/C36H39NO5S/c1-35(2,3)42-34(39)37-32(33(38)40-4)26-27-20-22-31(23-21-27)41-24-25-43-36(28-14-8-5-9-15-28,29-16-10-6-11-17-29)30-18-12-7-13-19-30/h5-23,32H,24-26H2,1-4H3,(H,37,39)/t32-/m1/s1. The van der Waals surface area contributed by atoms with E-state index in [1.165, 1.54) is 23.8 Å². The number of rotatable bonds is 12. The molecule has 0 aromatic heterocycles. The fourth-order valence-corrected chi connectivity index (χ4v) is 6.25. The van der Waals surface area contributed by atoms with Crippen LogP contribution in [0.3, 0.4) is 0 Å². The van der Waals surface area contributed by atoms with Gasteiger partial charge in [0.15, 0.2) is 0 Å². The van der Waals surface area contributed by atoms with Crippen LogP contribution in [0.1, 0.15) is 43.0 Å². The molecule has 1 amide bonds. The Morgan fingerprint density at radius 1 is 0.744 bits per heavy atom. The molecule has 4 aromatic carbocycles. The average molecular weight is 598 g/mol. The van der Waals surface area contributed by atoms with Crippen molar-refractivity contribution < 1.29 is 23.8 Å². The fraction of sp³-hybridized carbons (Fsp3) is 0.278. The van der Waals surface area contributed by atoms with Crippen molar-refractivity contribution in [2.75, 3.05) is 19.5 Å². The molecule has 0 spiro atoms. The Balaban J connectivity index is 1.44. The van der Waals surface area contributed by atoms with E-state index in [1.807, 2.05) is 54.2 Å². The van der Waals surface area contributed by atoms with Gasteiger partial charge in [-0.05, 0) is 55.2 Å². The highest BCUT2D eigenvalue weighted by atomic mass is 32.2. The first-order chi connectivity index (χ1) is 20.7. The summed E-state index contributed by atoms with van der Waals surface area (Å²) in [7, 11) is 1.29. The molecule has 6 nitrogen and oxygen atoms in total. The first-order valence-corrected chi connectivity index (χ1v) is 15.3. The van der Waals surface area contributed by atoms with E-state index < -0.39 is 28.5 Å². The zero-order valence-corrected chi connectivity index (χ0v) is 25.9. The number of amides is 1. The van der Waals surface area contributed by atoms with Crippen LogP contribution in [0.15, 0.2) is 115 Å². The summed E-state index contributed by atoms with van der Waals surface area (Å²) < 4.78 is 15.9. The lowest BCUT2D eigenvalue weighted by Crippen LogP contribution is -2.45. The van der Waals surface area contributed by atoms with Gasteiger partial charge in [0.1, 0.15) is 17.4 Å². The highest BCUT2D eigenvalue weighted by Gasteiger charge is 2.36. The van der Waals surface area contributed by atoms with Crippen molar-refractivity contribution in [2.24, 2.45) is 0 Å². The van der Waals surface area contributed by atoms with Gasteiger partial charge in [-0.25, -0.2) is 9.59 Å². The molecule has 0 radical (unpaired) electrons. The predicted molar refractivity (Wildman–Crippen MR) is 172 cm³/mol. The predicted octanol–water partition coefficient (Wildman–Crippen LogP) is 7.40. The number of carbonyl (C=O) groups excluding carboxylic acids is 2. The largest absolute Gasteiger partial charge is 0.493 e. The second-order valence-corrected chi connectivity index (χ2v) is 12.4. The molecule has 4 rings (SSSR count). The second-order valence-electron chi connectivity index (χ2n) is 11.0. The quantitative estimate of drug-likeness (QED) is 0.104. The third-order valence-corrected chi connectivity index (χ3v) is 8.26. The molecule has 0 aliphatic heterocycles. The summed E-state index contributed by atoms with van der Waals surface area (Å²) in [5, 5.41) is 2.61. The van der Waals surface area contributed by atoms with Crippen LogP contribution in [0.5, 0.6) is 5.75 Å². The maximum atomic E-state index is 12.3. The van der Waals surface area contributed by atoms with Gasteiger partial charge < -0.3 is 19.5 Å². The van der Waals surface area contributed by atoms with E-state index in [2.05, 4.69) is 78.1 Å². The minimum absolute atomic E-state index is 0.260. The van der Waals surface area contributed by atoms with Crippen LogP contribution in [-0.2, 0) is 25.4 Å². The smallest absolute Gasteiger partial charge is 0.408 e. The Labute approximate surface area is 258 Å². The number of nitrogens with one attached hydrogen (secondary N) is 1. The third-order valence-electron chi connectivity index (χ3n) is 6.75. The Morgan fingerprint density at radius 3 is 1.67 bits per heavy atom. The van der Waals surface area contributed by atoms with Crippen LogP contribution >= 0.6 is 11.8 Å². The molecule has 0 fully saturated rings. The summed E-state index contributed by atoms with van der Waals surface area (Å²) >= 11 is 1.85. The number of esters is 1. The van der Waals surface area contributed by atoms with Crippen LogP contribution in [0.4, 0.5) is 4.79 Å². The summed E-state index contributed by atoms with van der Waals surface area (Å²) in [6.07, 6.45) is -0.409. The maximum Gasteiger partial charge on any atom is 0.408 e. The van der Waals surface area contributed by atoms with Crippen molar-refractivity contribution >= 4 is 23.8 Å². The van der Waals surface area contributed by atoms with E-state index in [9.17, 15) is 9.59 Å². The summed E-state index contributed by atoms with van der Waals surface area (Å²) in [5.41, 5.74) is 3.81. The molecule has 224 valence electrons. The van der Waals surface area contributed by atoms with E-state index >= 15 is 0 Å². The fourth-order valence-electron chi connectivity index (χ4n) is 4.87. The Morgan fingerprint density at radius 2 is 1.23 bits per heavy atom. The van der Waals surface area contributed by atoms with Crippen molar-refractivity contribution in [2.45, 2.75) is 43.6 Å². The molecular formula is C36H39NO5S. The van der Waals surface area contributed by atoms with Crippen LogP contribution in [-0.4, -0.2) is 43.2 Å². The van der Waals surface area contributed by atoms with Crippen LogP contribution < -0.4 is 10.1 Å². The molecule has 0 saturated heterocycles. The van der Waals surface area contributed by atoms with E-state index in [1.54, 1.807) is 20.8 Å². The zero-order chi connectivity index (χ0) is 30.7. The highest BCUT2D eigenvalue weighted by molar-refractivity contribution is 8.00. The average Bonchev–Trinajstić information content (AvgIpc) is 3.01. The Bertz CT molecular complexity index is 1340. The third kappa shape index (κ3) is 8.64. The molecule has 0 saturated carbocycles. The van der Waals surface area contributed by atoms with Crippen LogP contribution in [0, 0.1) is 0 Å². The lowest BCUT2D eigenvalue weighted by Gasteiger charge is -2.35. The minimum Gasteiger partial charge on any atom is -0.493 e. The molecule has 0 bridgehead atoms. The minimum atomic E-state index is -0.870. The van der Waals surface area contributed by atoms with Crippen molar-refractivity contribution in [1.82, 2.24) is 5.32 Å². The number of hydrogen-bond donors (Lipinski definition) is 1. The van der Waals surface area contributed by atoms with E-state index in [0.717, 1.165) is 17.1 Å². The van der Waals surface area contributed by atoms with Gasteiger partial charge in [-0.1, -0.05) is 103 Å². The van der Waals surface area contributed by atoms with Gasteiger partial charge in [0, 0.05) is 12.2 Å². The Hall–Kier alpha value is -4.23. The number of methoxy groups -OCH3 is 1. The van der Waals surface area contributed by atoms with Gasteiger partial charge in [-0.2, -0.15) is 0 Å². The second kappa shape index (κ2) is 14.8. The van der Waals surface area contributed by atoms with Crippen LogP contribution in [0.25, 0.3) is 0 Å². The number of alkyl carbamates (subject to hydrolysis) is 1. The summed E-state index contributed by atoms with van der Waals surface area (Å²) in [6.45, 7) is 5.80. The zero-order valence-electron chi connectivity index (χ0n) is 25.1. The van der Waals surface area contributed by atoms with Crippen molar-refractivity contribution in [3.8, 4) is 5.75 Å². The molecule has 0 aliphatic rings. The molecule has 0 unspecified atom stereocenters. The summed E-state index contributed by atoms with van der Waals surface area (Å²) in [5.74, 6) is 0.927. The molecule has 1 N–H and O–H groups in total. The number of carbonyl (C=O) groups is 2. The lowest BCUT2D eigenvalue weighted by atomic mass is 9.84. The Kier molecular flexibility index (Phi) is 10.9. The van der Waals surface area contributed by atoms with Gasteiger partial charge in [-0.15, -0.1) is 11.8 Å². The van der Waals surface area contributed by atoms with E-state index in [0.29, 0.717) is 6.61 Å². The van der Waals surface area contributed by atoms with Gasteiger partial charge in [0.25, 0.3) is 0 Å². The SMILES string of the molecule is COC(=O)[C@@H](Cc1ccc(OCCSC(c2ccccc2)(c2ccccc2)c2ccccc2)cc1)NC(=O)OC(C)(C)C. The van der Waals surface area contributed by atoms with Gasteiger partial charge in [0.05, 0.1) is 18.5 Å². The number of benzene rings is 4. The molecule has 4 aromatic rings. The summed E-state index contributed by atoms with van der Waals surface area (Å²) in [6, 6.07) is 38.4. The molecule has 7 heteroatoms. The molecular weight excluding hydrogens is 558 g/mol. The van der Waals surface area contributed by atoms with Gasteiger partial charge in [0.2, 0.25) is 0 Å². The summed E-state index contributed by atoms with van der Waals surface area (Å²) in [4.78, 5) is 24.6. The van der Waals surface area contributed by atoms with Crippen LogP contribution in [0.2, 0.25) is 0 Å². The number of hydrogen-bond acceptors (Lipinski definition) is 6. The molecule has 0 aliphatic carbocycles. The van der Waals surface area contributed by atoms with Crippen molar-refractivity contribution in [3.63, 3.8) is 0 Å².